The Bertz CT molecular complexity index is 868. The largest absolute Gasteiger partial charge is 0.326 e. The number of hydrogen-bond donors (Lipinski definition) is 2. The van der Waals surface area contributed by atoms with Crippen molar-refractivity contribution in [2.75, 3.05) is 18.4 Å². The molecule has 4 rings (SSSR count). The number of hydrogen-bond acceptors (Lipinski definition) is 4. The maximum Gasteiger partial charge on any atom is 0.229 e. The minimum absolute atomic E-state index is 0.0451. The standard InChI is InChI=1S/C19H22N6O/c1-24-13-15(9-22-24)17-10-20-11-18(17)19(26)23-16-5-3-14(4-6-16)12-25-8-2-7-21-25/h2-9,13,17-18,20H,10-12H2,1H3,(H,23,26)/t17-,18+/m1/s1. The van der Waals surface area contributed by atoms with E-state index in [0.717, 1.165) is 29.9 Å². The van der Waals surface area contributed by atoms with Crippen LogP contribution in [0.25, 0.3) is 0 Å². The highest BCUT2D eigenvalue weighted by molar-refractivity contribution is 5.93. The molecule has 2 atom stereocenters. The molecule has 0 bridgehead atoms. The number of nitrogens with zero attached hydrogens (tertiary/aromatic N) is 4. The Hall–Kier alpha value is -2.93. The first-order valence-electron chi connectivity index (χ1n) is 8.75. The summed E-state index contributed by atoms with van der Waals surface area (Å²) in [6.07, 6.45) is 7.54. The predicted molar refractivity (Wildman–Crippen MR) is 98.7 cm³/mol. The van der Waals surface area contributed by atoms with E-state index in [1.165, 1.54) is 0 Å². The summed E-state index contributed by atoms with van der Waals surface area (Å²) < 4.78 is 3.65. The third-order valence-electron chi connectivity index (χ3n) is 4.83. The molecule has 3 heterocycles. The molecular formula is C19H22N6O. The molecule has 1 amide bonds. The quantitative estimate of drug-likeness (QED) is 0.733. The smallest absolute Gasteiger partial charge is 0.229 e. The third kappa shape index (κ3) is 3.52. The van der Waals surface area contributed by atoms with Gasteiger partial charge in [-0.3, -0.25) is 14.2 Å². The first-order chi connectivity index (χ1) is 12.7. The molecule has 26 heavy (non-hydrogen) atoms. The van der Waals surface area contributed by atoms with Crippen molar-refractivity contribution in [2.24, 2.45) is 13.0 Å². The first-order valence-corrected chi connectivity index (χ1v) is 8.75. The van der Waals surface area contributed by atoms with Crippen LogP contribution >= 0.6 is 0 Å². The second kappa shape index (κ2) is 7.13. The number of carbonyl (C=O) groups is 1. The van der Waals surface area contributed by atoms with Crippen molar-refractivity contribution in [3.05, 3.63) is 66.2 Å². The molecule has 7 heteroatoms. The van der Waals surface area contributed by atoms with E-state index in [-0.39, 0.29) is 17.7 Å². The van der Waals surface area contributed by atoms with Crippen molar-refractivity contribution >= 4 is 11.6 Å². The molecule has 2 aromatic heterocycles. The minimum atomic E-state index is -0.0945. The Kier molecular flexibility index (Phi) is 4.53. The molecule has 0 unspecified atom stereocenters. The van der Waals surface area contributed by atoms with Crippen LogP contribution in [-0.4, -0.2) is 38.6 Å². The van der Waals surface area contributed by atoms with E-state index in [0.29, 0.717) is 6.54 Å². The van der Waals surface area contributed by atoms with Crippen molar-refractivity contribution in [1.82, 2.24) is 24.9 Å². The van der Waals surface area contributed by atoms with Crippen LogP contribution in [0.1, 0.15) is 17.0 Å². The molecule has 7 nitrogen and oxygen atoms in total. The summed E-state index contributed by atoms with van der Waals surface area (Å²) in [5, 5.41) is 14.8. The second-order valence-corrected chi connectivity index (χ2v) is 6.71. The lowest BCUT2D eigenvalue weighted by atomic mass is 9.90. The highest BCUT2D eigenvalue weighted by atomic mass is 16.1. The summed E-state index contributed by atoms with van der Waals surface area (Å²) in [7, 11) is 1.89. The van der Waals surface area contributed by atoms with Crippen molar-refractivity contribution in [1.29, 1.82) is 0 Å². The highest BCUT2D eigenvalue weighted by Gasteiger charge is 2.34. The van der Waals surface area contributed by atoms with E-state index in [2.05, 4.69) is 20.8 Å². The van der Waals surface area contributed by atoms with Crippen LogP contribution in [0.5, 0.6) is 0 Å². The van der Waals surface area contributed by atoms with Gasteiger partial charge in [-0.1, -0.05) is 12.1 Å². The average molecular weight is 350 g/mol. The van der Waals surface area contributed by atoms with E-state index in [1.54, 1.807) is 10.9 Å². The Labute approximate surface area is 152 Å². The van der Waals surface area contributed by atoms with Crippen molar-refractivity contribution in [3.8, 4) is 0 Å². The van der Waals surface area contributed by atoms with Crippen LogP contribution in [0.15, 0.2) is 55.1 Å². The van der Waals surface area contributed by atoms with Gasteiger partial charge in [0.15, 0.2) is 0 Å². The molecule has 3 aromatic rings. The zero-order chi connectivity index (χ0) is 17.9. The summed E-state index contributed by atoms with van der Waals surface area (Å²) in [5.74, 6) is 0.106. The van der Waals surface area contributed by atoms with E-state index >= 15 is 0 Å². The monoisotopic (exact) mass is 350 g/mol. The van der Waals surface area contributed by atoms with E-state index in [1.807, 2.05) is 60.7 Å². The van der Waals surface area contributed by atoms with Crippen LogP contribution in [0.2, 0.25) is 0 Å². The SMILES string of the molecule is Cn1cc([C@H]2CNC[C@@H]2C(=O)Nc2ccc(Cn3cccn3)cc2)cn1. The van der Waals surface area contributed by atoms with Gasteiger partial charge in [0.2, 0.25) is 5.91 Å². The van der Waals surface area contributed by atoms with Crippen molar-refractivity contribution < 1.29 is 4.79 Å². The number of rotatable bonds is 5. The Morgan fingerprint density at radius 2 is 2.12 bits per heavy atom. The van der Waals surface area contributed by atoms with Gasteiger partial charge in [0.1, 0.15) is 0 Å². The number of aromatic nitrogens is 4. The highest BCUT2D eigenvalue weighted by Crippen LogP contribution is 2.28. The van der Waals surface area contributed by atoms with Gasteiger partial charge in [0, 0.05) is 50.3 Å². The van der Waals surface area contributed by atoms with Gasteiger partial charge in [-0.15, -0.1) is 0 Å². The molecule has 134 valence electrons. The Morgan fingerprint density at radius 3 is 2.81 bits per heavy atom. The molecule has 0 spiro atoms. The minimum Gasteiger partial charge on any atom is -0.326 e. The molecule has 1 aromatic carbocycles. The summed E-state index contributed by atoms with van der Waals surface area (Å²) in [6, 6.07) is 9.82. The van der Waals surface area contributed by atoms with E-state index < -0.39 is 0 Å². The summed E-state index contributed by atoms with van der Waals surface area (Å²) in [5.41, 5.74) is 3.06. The molecule has 1 aliphatic heterocycles. The molecule has 1 saturated heterocycles. The van der Waals surface area contributed by atoms with Gasteiger partial charge in [0.25, 0.3) is 0 Å². The van der Waals surface area contributed by atoms with E-state index in [9.17, 15) is 4.79 Å². The molecule has 0 saturated carbocycles. The van der Waals surface area contributed by atoms with Crippen LogP contribution < -0.4 is 10.6 Å². The molecule has 0 aliphatic carbocycles. The number of anilines is 1. The fourth-order valence-corrected chi connectivity index (χ4v) is 3.45. The molecule has 0 radical (unpaired) electrons. The predicted octanol–water partition coefficient (Wildman–Crippen LogP) is 1.61. The summed E-state index contributed by atoms with van der Waals surface area (Å²) in [4.78, 5) is 12.8. The maximum atomic E-state index is 12.8. The van der Waals surface area contributed by atoms with Gasteiger partial charge < -0.3 is 10.6 Å². The molecule has 1 fully saturated rings. The maximum absolute atomic E-state index is 12.8. The third-order valence-corrected chi connectivity index (χ3v) is 4.83. The lowest BCUT2D eigenvalue weighted by Gasteiger charge is -2.17. The van der Waals surface area contributed by atoms with Crippen LogP contribution in [-0.2, 0) is 18.4 Å². The summed E-state index contributed by atoms with van der Waals surface area (Å²) >= 11 is 0. The lowest BCUT2D eigenvalue weighted by molar-refractivity contribution is -0.119. The second-order valence-electron chi connectivity index (χ2n) is 6.71. The van der Waals surface area contributed by atoms with Crippen LogP contribution in [0, 0.1) is 5.92 Å². The van der Waals surface area contributed by atoms with Crippen LogP contribution in [0.3, 0.4) is 0 Å². The fraction of sp³-hybridized carbons (Fsp3) is 0.316. The number of amides is 1. The normalized spacial score (nSPS) is 19.6. The summed E-state index contributed by atoms with van der Waals surface area (Å²) in [6.45, 7) is 2.20. The van der Waals surface area contributed by atoms with Gasteiger partial charge in [-0.05, 0) is 29.3 Å². The number of carbonyl (C=O) groups excluding carboxylic acids is 1. The van der Waals surface area contributed by atoms with Gasteiger partial charge >= 0.3 is 0 Å². The zero-order valence-corrected chi connectivity index (χ0v) is 14.7. The van der Waals surface area contributed by atoms with Gasteiger partial charge in [0.05, 0.1) is 18.7 Å². The molecule has 2 N–H and O–H groups in total. The topological polar surface area (TPSA) is 76.8 Å². The number of aryl methyl sites for hydroxylation is 1. The van der Waals surface area contributed by atoms with Gasteiger partial charge in [-0.25, -0.2) is 0 Å². The zero-order valence-electron chi connectivity index (χ0n) is 14.7. The number of benzene rings is 1. The fourth-order valence-electron chi connectivity index (χ4n) is 3.45. The molecular weight excluding hydrogens is 328 g/mol. The van der Waals surface area contributed by atoms with Crippen LogP contribution in [0.4, 0.5) is 5.69 Å². The lowest BCUT2D eigenvalue weighted by Crippen LogP contribution is -2.28. The van der Waals surface area contributed by atoms with Gasteiger partial charge in [-0.2, -0.15) is 10.2 Å². The number of nitrogens with one attached hydrogen (secondary N) is 2. The van der Waals surface area contributed by atoms with Crippen molar-refractivity contribution in [3.63, 3.8) is 0 Å². The molecule has 1 aliphatic rings. The van der Waals surface area contributed by atoms with E-state index in [4.69, 9.17) is 0 Å². The first kappa shape index (κ1) is 16.5. The van der Waals surface area contributed by atoms with Crippen molar-refractivity contribution in [2.45, 2.75) is 12.5 Å². The average Bonchev–Trinajstić information content (AvgIpc) is 3.37. The Balaban J connectivity index is 1.41. The Morgan fingerprint density at radius 1 is 1.27 bits per heavy atom.